The predicted molar refractivity (Wildman–Crippen MR) is 92.8 cm³/mol. The number of hydrogen-bond donors (Lipinski definition) is 0. The van der Waals surface area contributed by atoms with Gasteiger partial charge in [0.05, 0.1) is 11.3 Å². The lowest BCUT2D eigenvalue weighted by Crippen LogP contribution is -2.43. The fraction of sp³-hybridized carbons (Fsp3) is 0.750. The Morgan fingerprint density at radius 3 is 2.50 bits per heavy atom. The molecule has 144 valence electrons. The molecule has 6 heteroatoms. The number of carbonyl (C=O) groups excluding carboxylic acids is 3. The molecule has 5 atom stereocenters. The first-order chi connectivity index (χ1) is 11.9. The monoisotopic (exact) mass is 364 g/mol. The van der Waals surface area contributed by atoms with E-state index in [1.807, 2.05) is 0 Å². The van der Waals surface area contributed by atoms with Crippen LogP contribution in [0, 0.1) is 23.2 Å². The van der Waals surface area contributed by atoms with E-state index in [1.54, 1.807) is 34.6 Å². The van der Waals surface area contributed by atoms with Crippen molar-refractivity contribution in [3.8, 4) is 0 Å². The summed E-state index contributed by atoms with van der Waals surface area (Å²) < 4.78 is 16.7. The van der Waals surface area contributed by atoms with Gasteiger partial charge in [-0.1, -0.05) is 6.58 Å². The fourth-order valence-corrected chi connectivity index (χ4v) is 4.86. The van der Waals surface area contributed by atoms with Crippen LogP contribution >= 0.6 is 0 Å². The molecule has 0 aromatic rings. The van der Waals surface area contributed by atoms with Crippen molar-refractivity contribution < 1.29 is 28.6 Å². The van der Waals surface area contributed by atoms with E-state index < -0.39 is 17.0 Å². The van der Waals surface area contributed by atoms with Gasteiger partial charge in [-0.2, -0.15) is 0 Å². The molecular weight excluding hydrogens is 336 g/mol. The van der Waals surface area contributed by atoms with Crippen LogP contribution in [0.5, 0.6) is 0 Å². The second kappa shape index (κ2) is 6.10. The van der Waals surface area contributed by atoms with Crippen molar-refractivity contribution in [1.29, 1.82) is 0 Å². The molecule has 0 spiro atoms. The molecular formula is C20H28O6. The first-order valence-electron chi connectivity index (χ1n) is 9.22. The van der Waals surface area contributed by atoms with Gasteiger partial charge in [0.25, 0.3) is 0 Å². The zero-order valence-electron chi connectivity index (χ0n) is 16.2. The number of ether oxygens (including phenoxy) is 3. The zero-order valence-corrected chi connectivity index (χ0v) is 16.2. The highest BCUT2D eigenvalue weighted by molar-refractivity contribution is 5.87. The Kier molecular flexibility index (Phi) is 4.44. The molecule has 1 saturated heterocycles. The zero-order chi connectivity index (χ0) is 19.4. The molecule has 3 fully saturated rings. The molecule has 2 aliphatic carbocycles. The topological polar surface area (TPSA) is 78.9 Å². The lowest BCUT2D eigenvalue weighted by molar-refractivity contribution is -0.176. The van der Waals surface area contributed by atoms with Gasteiger partial charge in [0.15, 0.2) is 0 Å². The van der Waals surface area contributed by atoms with Crippen molar-refractivity contribution >= 4 is 17.9 Å². The second-order valence-electron chi connectivity index (χ2n) is 9.26. The van der Waals surface area contributed by atoms with Gasteiger partial charge in [-0.15, -0.1) is 0 Å². The minimum absolute atomic E-state index is 0.00606. The molecule has 6 nitrogen and oxygen atoms in total. The number of carbonyl (C=O) groups is 3. The van der Waals surface area contributed by atoms with Crippen LogP contribution in [0.1, 0.15) is 53.9 Å². The van der Waals surface area contributed by atoms with Crippen LogP contribution in [-0.4, -0.2) is 35.7 Å². The van der Waals surface area contributed by atoms with Crippen LogP contribution in [0.15, 0.2) is 12.2 Å². The van der Waals surface area contributed by atoms with Gasteiger partial charge in [0.2, 0.25) is 0 Å². The Hall–Kier alpha value is -1.85. The van der Waals surface area contributed by atoms with Gasteiger partial charge in [-0.05, 0) is 47.5 Å². The summed E-state index contributed by atoms with van der Waals surface area (Å²) in [4.78, 5) is 36.5. The molecule has 0 radical (unpaired) electrons. The first-order valence-corrected chi connectivity index (χ1v) is 9.22. The quantitative estimate of drug-likeness (QED) is 0.410. The molecule has 1 heterocycles. The second-order valence-corrected chi connectivity index (χ2v) is 9.26. The van der Waals surface area contributed by atoms with Crippen molar-refractivity contribution in [2.75, 3.05) is 0 Å². The highest BCUT2D eigenvalue weighted by Crippen LogP contribution is 2.55. The van der Waals surface area contributed by atoms with E-state index in [0.717, 1.165) is 12.8 Å². The van der Waals surface area contributed by atoms with Crippen molar-refractivity contribution in [2.24, 2.45) is 23.2 Å². The van der Waals surface area contributed by atoms with E-state index in [1.165, 1.54) is 0 Å². The van der Waals surface area contributed by atoms with E-state index >= 15 is 0 Å². The minimum Gasteiger partial charge on any atom is -0.458 e. The molecule has 2 bridgehead atoms. The smallest absolute Gasteiger partial charge is 0.333 e. The van der Waals surface area contributed by atoms with Gasteiger partial charge in [-0.25, -0.2) is 4.79 Å². The lowest BCUT2D eigenvalue weighted by Gasteiger charge is -2.35. The number of rotatable bonds is 6. The first kappa shape index (κ1) is 18.9. The summed E-state index contributed by atoms with van der Waals surface area (Å²) in [6.45, 7) is 12.3. The Morgan fingerprint density at radius 1 is 1.23 bits per heavy atom. The summed E-state index contributed by atoms with van der Waals surface area (Å²) in [7, 11) is 0. The number of hydrogen-bond acceptors (Lipinski definition) is 6. The molecule has 0 aromatic carbocycles. The minimum atomic E-state index is -0.845. The Balaban J connectivity index is 1.63. The summed E-state index contributed by atoms with van der Waals surface area (Å²) in [5, 5.41) is 0. The summed E-state index contributed by atoms with van der Waals surface area (Å²) in [5.74, 6) is -0.580. The third kappa shape index (κ3) is 3.26. The summed E-state index contributed by atoms with van der Waals surface area (Å²) in [6.07, 6.45) is 1.31. The summed E-state index contributed by atoms with van der Waals surface area (Å²) >= 11 is 0. The third-order valence-electron chi connectivity index (χ3n) is 5.79. The highest BCUT2D eigenvalue weighted by atomic mass is 16.6. The Labute approximate surface area is 154 Å². The molecule has 5 unspecified atom stereocenters. The van der Waals surface area contributed by atoms with Crippen LogP contribution in [0.2, 0.25) is 0 Å². The van der Waals surface area contributed by atoms with Crippen molar-refractivity contribution in [3.05, 3.63) is 12.2 Å². The van der Waals surface area contributed by atoms with E-state index in [9.17, 15) is 14.4 Å². The summed E-state index contributed by atoms with van der Waals surface area (Å²) in [6, 6.07) is 0. The van der Waals surface area contributed by atoms with Crippen LogP contribution in [-0.2, 0) is 28.6 Å². The van der Waals surface area contributed by atoms with E-state index in [-0.39, 0.29) is 41.9 Å². The van der Waals surface area contributed by atoms with E-state index in [2.05, 4.69) is 6.58 Å². The van der Waals surface area contributed by atoms with Crippen LogP contribution in [0.4, 0.5) is 0 Å². The largest absolute Gasteiger partial charge is 0.458 e. The maximum absolute atomic E-state index is 12.8. The summed E-state index contributed by atoms with van der Waals surface area (Å²) in [5.41, 5.74) is -1.36. The van der Waals surface area contributed by atoms with Crippen molar-refractivity contribution in [2.45, 2.75) is 71.7 Å². The van der Waals surface area contributed by atoms with Gasteiger partial charge < -0.3 is 14.2 Å². The van der Waals surface area contributed by atoms with E-state index in [0.29, 0.717) is 12.0 Å². The number of fused-ring (bicyclic) bond motifs is 1. The van der Waals surface area contributed by atoms with Crippen molar-refractivity contribution in [1.82, 2.24) is 0 Å². The SMILES string of the molecule is C=C(C)C(=O)OC(C)(C)CC(C)(C)C(=O)OC1C2CC3C(=O)OC1C3C2. The molecule has 0 amide bonds. The lowest BCUT2D eigenvalue weighted by atomic mass is 9.81. The van der Waals surface area contributed by atoms with E-state index in [4.69, 9.17) is 14.2 Å². The van der Waals surface area contributed by atoms with Gasteiger partial charge in [0, 0.05) is 23.8 Å². The van der Waals surface area contributed by atoms with Crippen LogP contribution in [0.25, 0.3) is 0 Å². The maximum Gasteiger partial charge on any atom is 0.333 e. The normalized spacial score (nSPS) is 32.3. The maximum atomic E-state index is 12.8. The van der Waals surface area contributed by atoms with Crippen LogP contribution < -0.4 is 0 Å². The standard InChI is InChI=1S/C20H28O6/c1-10(2)16(21)26-20(5,6)9-19(3,4)18(23)25-14-11-7-12-13(8-11)17(22)24-15(12)14/h11-15H,1,7-9H2,2-6H3. The molecule has 3 rings (SSSR count). The molecule has 26 heavy (non-hydrogen) atoms. The van der Waals surface area contributed by atoms with Crippen molar-refractivity contribution in [3.63, 3.8) is 0 Å². The molecule has 0 N–H and O–H groups in total. The van der Waals surface area contributed by atoms with Gasteiger partial charge >= 0.3 is 17.9 Å². The van der Waals surface area contributed by atoms with Gasteiger partial charge in [0.1, 0.15) is 17.8 Å². The molecule has 2 saturated carbocycles. The highest BCUT2D eigenvalue weighted by Gasteiger charge is 2.63. The Bertz CT molecular complexity index is 661. The average Bonchev–Trinajstić information content (AvgIpc) is 3.10. The predicted octanol–water partition coefficient (Wildman–Crippen LogP) is 2.79. The Morgan fingerprint density at radius 2 is 1.88 bits per heavy atom. The molecule has 1 aliphatic heterocycles. The number of esters is 3. The third-order valence-corrected chi connectivity index (χ3v) is 5.79. The average molecular weight is 364 g/mol. The molecule has 0 aromatic heterocycles. The molecule has 3 aliphatic rings. The fourth-order valence-electron chi connectivity index (χ4n) is 4.86. The van der Waals surface area contributed by atoms with Crippen LogP contribution in [0.3, 0.4) is 0 Å². The van der Waals surface area contributed by atoms with Gasteiger partial charge in [-0.3, -0.25) is 9.59 Å².